The van der Waals surface area contributed by atoms with Gasteiger partial charge in [0.2, 0.25) is 0 Å². The van der Waals surface area contributed by atoms with Crippen LogP contribution in [0.5, 0.6) is 5.75 Å². The van der Waals surface area contributed by atoms with Crippen LogP contribution in [0.2, 0.25) is 0 Å². The summed E-state index contributed by atoms with van der Waals surface area (Å²) in [5.74, 6) is 2.43. The van der Waals surface area contributed by atoms with Crippen molar-refractivity contribution in [3.8, 4) is 5.75 Å². The Hall–Kier alpha value is -2.28. The van der Waals surface area contributed by atoms with Gasteiger partial charge in [-0.15, -0.1) is 0 Å². The minimum absolute atomic E-state index is 0.00594. The van der Waals surface area contributed by atoms with Gasteiger partial charge in [-0.25, -0.2) is 8.42 Å². The van der Waals surface area contributed by atoms with E-state index in [0.29, 0.717) is 36.0 Å². The molecule has 3 rings (SSSR count). The van der Waals surface area contributed by atoms with E-state index >= 15 is 0 Å². The highest BCUT2D eigenvalue weighted by atomic mass is 32.2. The molecule has 0 bridgehead atoms. The van der Waals surface area contributed by atoms with Gasteiger partial charge in [0, 0.05) is 11.6 Å². The fourth-order valence-electron chi connectivity index (χ4n) is 3.25. The first-order valence-electron chi connectivity index (χ1n) is 9.53. The summed E-state index contributed by atoms with van der Waals surface area (Å²) in [4.78, 5) is 14.8. The van der Waals surface area contributed by atoms with Gasteiger partial charge in [-0.3, -0.25) is 4.79 Å². The van der Waals surface area contributed by atoms with Crippen LogP contribution in [0.15, 0.2) is 40.8 Å². The molecular formula is C21H27NO5S. The molecule has 6 nitrogen and oxygen atoms in total. The second-order valence-electron chi connectivity index (χ2n) is 7.73. The number of hydrogen-bond acceptors (Lipinski definition) is 5. The molecule has 0 aliphatic carbocycles. The molecule has 1 aliphatic heterocycles. The van der Waals surface area contributed by atoms with E-state index in [1.54, 1.807) is 29.2 Å². The monoisotopic (exact) mass is 405 g/mol. The molecule has 0 saturated carbocycles. The van der Waals surface area contributed by atoms with Crippen LogP contribution in [0.1, 0.15) is 42.1 Å². The Kier molecular flexibility index (Phi) is 6.13. The number of nitrogens with zero attached hydrogens (tertiary/aromatic N) is 1. The van der Waals surface area contributed by atoms with E-state index in [4.69, 9.17) is 9.15 Å². The summed E-state index contributed by atoms with van der Waals surface area (Å²) in [6, 6.07) is 10.3. The number of carbonyl (C=O) groups is 1. The highest BCUT2D eigenvalue weighted by Gasteiger charge is 2.35. The van der Waals surface area contributed by atoms with Crippen LogP contribution in [0.4, 0.5) is 0 Å². The Balaban J connectivity index is 1.79. The van der Waals surface area contributed by atoms with Crippen molar-refractivity contribution in [1.29, 1.82) is 0 Å². The summed E-state index contributed by atoms with van der Waals surface area (Å²) in [5.41, 5.74) is 0.504. The summed E-state index contributed by atoms with van der Waals surface area (Å²) in [7, 11) is -3.11. The fraction of sp³-hybridized carbons (Fsp3) is 0.476. The molecule has 0 N–H and O–H groups in total. The van der Waals surface area contributed by atoms with Crippen molar-refractivity contribution >= 4 is 15.7 Å². The fourth-order valence-corrected chi connectivity index (χ4v) is 4.98. The lowest BCUT2D eigenvalue weighted by atomic mass is 10.1. The Morgan fingerprint density at radius 2 is 1.93 bits per heavy atom. The third-order valence-electron chi connectivity index (χ3n) is 4.72. The standard InChI is InChI=1S/C21H27NO5S/c1-15(2)13-26-19-8-5-17(6-9-19)21(23)22(12-20-7-4-16(3)27-20)18-10-11-28(24,25)14-18/h4-9,15,18H,10-14H2,1-3H3/t18-/m1/s1. The number of furan rings is 1. The Bertz CT molecular complexity index is 915. The minimum Gasteiger partial charge on any atom is -0.493 e. The molecule has 0 spiro atoms. The number of aryl methyl sites for hydroxylation is 1. The predicted molar refractivity (Wildman–Crippen MR) is 107 cm³/mol. The van der Waals surface area contributed by atoms with E-state index in [1.165, 1.54) is 0 Å². The molecule has 1 aliphatic rings. The predicted octanol–water partition coefficient (Wildman–Crippen LogP) is 3.45. The van der Waals surface area contributed by atoms with Crippen molar-refractivity contribution in [2.24, 2.45) is 5.92 Å². The molecule has 0 unspecified atom stereocenters. The number of ether oxygens (including phenoxy) is 1. The number of rotatable bonds is 7. The van der Waals surface area contributed by atoms with Gasteiger partial charge in [0.25, 0.3) is 5.91 Å². The van der Waals surface area contributed by atoms with Gasteiger partial charge in [-0.1, -0.05) is 13.8 Å². The molecule has 1 aromatic carbocycles. The Labute approximate surface area is 166 Å². The Morgan fingerprint density at radius 3 is 2.46 bits per heavy atom. The van der Waals surface area contributed by atoms with Crippen molar-refractivity contribution in [3.63, 3.8) is 0 Å². The van der Waals surface area contributed by atoms with Gasteiger partial charge in [-0.2, -0.15) is 0 Å². The molecule has 152 valence electrons. The molecule has 28 heavy (non-hydrogen) atoms. The summed E-state index contributed by atoms with van der Waals surface area (Å²) in [5, 5.41) is 0. The second-order valence-corrected chi connectivity index (χ2v) is 9.96. The van der Waals surface area contributed by atoms with E-state index in [0.717, 1.165) is 5.76 Å². The van der Waals surface area contributed by atoms with Gasteiger partial charge in [0.15, 0.2) is 9.84 Å². The number of benzene rings is 1. The van der Waals surface area contributed by atoms with Crippen molar-refractivity contribution in [2.45, 2.75) is 39.8 Å². The van der Waals surface area contributed by atoms with E-state index in [2.05, 4.69) is 13.8 Å². The van der Waals surface area contributed by atoms with Crippen LogP contribution in [0.3, 0.4) is 0 Å². The molecular weight excluding hydrogens is 378 g/mol. The zero-order valence-electron chi connectivity index (χ0n) is 16.6. The van der Waals surface area contributed by atoms with Crippen molar-refractivity contribution in [3.05, 3.63) is 53.5 Å². The normalized spacial score (nSPS) is 18.4. The zero-order valence-corrected chi connectivity index (χ0v) is 17.4. The van der Waals surface area contributed by atoms with Crippen LogP contribution < -0.4 is 4.74 Å². The van der Waals surface area contributed by atoms with Gasteiger partial charge in [-0.05, 0) is 55.7 Å². The second kappa shape index (κ2) is 8.39. The summed E-state index contributed by atoms with van der Waals surface area (Å²) in [6.45, 7) is 6.84. The van der Waals surface area contributed by atoms with Gasteiger partial charge in [0.1, 0.15) is 17.3 Å². The van der Waals surface area contributed by atoms with Crippen LogP contribution in [0.25, 0.3) is 0 Å². The minimum atomic E-state index is -3.11. The van der Waals surface area contributed by atoms with E-state index in [1.807, 2.05) is 19.1 Å². The topological polar surface area (TPSA) is 76.8 Å². The third kappa shape index (κ3) is 5.16. The van der Waals surface area contributed by atoms with Crippen molar-refractivity contribution < 1.29 is 22.4 Å². The summed E-state index contributed by atoms with van der Waals surface area (Å²) >= 11 is 0. The lowest BCUT2D eigenvalue weighted by molar-refractivity contribution is 0.0665. The quantitative estimate of drug-likeness (QED) is 0.705. The third-order valence-corrected chi connectivity index (χ3v) is 6.47. The average molecular weight is 406 g/mol. The van der Waals surface area contributed by atoms with Crippen LogP contribution in [-0.4, -0.2) is 43.4 Å². The van der Waals surface area contributed by atoms with Gasteiger partial charge in [0.05, 0.1) is 24.7 Å². The molecule has 7 heteroatoms. The molecule has 1 aromatic heterocycles. The Morgan fingerprint density at radius 1 is 1.21 bits per heavy atom. The maximum Gasteiger partial charge on any atom is 0.254 e. The highest BCUT2D eigenvalue weighted by molar-refractivity contribution is 7.91. The largest absolute Gasteiger partial charge is 0.493 e. The maximum atomic E-state index is 13.2. The first kappa shape index (κ1) is 20.5. The lowest BCUT2D eigenvalue weighted by Crippen LogP contribution is -2.40. The van der Waals surface area contributed by atoms with Crippen LogP contribution >= 0.6 is 0 Å². The first-order valence-corrected chi connectivity index (χ1v) is 11.4. The van der Waals surface area contributed by atoms with Crippen LogP contribution in [-0.2, 0) is 16.4 Å². The smallest absolute Gasteiger partial charge is 0.254 e. The van der Waals surface area contributed by atoms with E-state index in [-0.39, 0.29) is 30.0 Å². The highest BCUT2D eigenvalue weighted by Crippen LogP contribution is 2.24. The van der Waals surface area contributed by atoms with Crippen molar-refractivity contribution in [1.82, 2.24) is 4.90 Å². The number of carbonyl (C=O) groups excluding carboxylic acids is 1. The summed E-state index contributed by atoms with van der Waals surface area (Å²) < 4.78 is 35.2. The SMILES string of the molecule is Cc1ccc(CN(C(=O)c2ccc(OCC(C)C)cc2)[C@@H]2CCS(=O)(=O)C2)o1. The van der Waals surface area contributed by atoms with E-state index < -0.39 is 9.84 Å². The molecule has 2 aromatic rings. The molecule has 2 heterocycles. The van der Waals surface area contributed by atoms with Gasteiger partial charge >= 0.3 is 0 Å². The first-order chi connectivity index (χ1) is 13.2. The average Bonchev–Trinajstić information content (AvgIpc) is 3.22. The number of amides is 1. The molecule has 0 radical (unpaired) electrons. The lowest BCUT2D eigenvalue weighted by Gasteiger charge is -2.27. The molecule has 1 atom stereocenters. The van der Waals surface area contributed by atoms with Crippen LogP contribution in [0, 0.1) is 12.8 Å². The van der Waals surface area contributed by atoms with Gasteiger partial charge < -0.3 is 14.1 Å². The molecule has 1 amide bonds. The zero-order chi connectivity index (χ0) is 20.3. The molecule has 1 saturated heterocycles. The molecule has 1 fully saturated rings. The maximum absolute atomic E-state index is 13.2. The van der Waals surface area contributed by atoms with Crippen molar-refractivity contribution in [2.75, 3.05) is 18.1 Å². The number of hydrogen-bond donors (Lipinski definition) is 0. The summed E-state index contributed by atoms with van der Waals surface area (Å²) in [6.07, 6.45) is 0.448. The number of sulfone groups is 1. The van der Waals surface area contributed by atoms with E-state index in [9.17, 15) is 13.2 Å².